The fraction of sp³-hybridized carbons (Fsp3) is 0.200. The Kier molecular flexibility index (Phi) is 6.46. The lowest BCUT2D eigenvalue weighted by Gasteiger charge is -2.10. The molecule has 156 valence electrons. The van der Waals surface area contributed by atoms with Gasteiger partial charge in [0.1, 0.15) is 18.0 Å². The first-order valence-electron chi connectivity index (χ1n) is 8.98. The van der Waals surface area contributed by atoms with Gasteiger partial charge >= 0.3 is 0 Å². The second-order valence-electron chi connectivity index (χ2n) is 6.74. The topological polar surface area (TPSA) is 103 Å². The minimum atomic E-state index is -1.09. The summed E-state index contributed by atoms with van der Waals surface area (Å²) in [5.41, 5.74) is 6.23. The molecule has 7 nitrogen and oxygen atoms in total. The van der Waals surface area contributed by atoms with Crippen LogP contribution in [0.2, 0.25) is 0 Å². The average Bonchev–Trinajstić information content (AvgIpc) is 3.17. The first kappa shape index (κ1) is 21.4. The molecule has 10 heteroatoms. The van der Waals surface area contributed by atoms with Crippen LogP contribution in [-0.4, -0.2) is 32.3 Å². The number of amides is 2. The highest BCUT2D eigenvalue weighted by Gasteiger charge is 2.16. The van der Waals surface area contributed by atoms with Gasteiger partial charge in [-0.1, -0.05) is 37.7 Å². The van der Waals surface area contributed by atoms with Crippen molar-refractivity contribution < 1.29 is 18.4 Å². The molecular weight excluding hydrogens is 412 g/mol. The van der Waals surface area contributed by atoms with E-state index in [0.717, 1.165) is 23.5 Å². The number of carbonyl (C=O) groups excluding carboxylic acids is 2. The molecule has 0 spiro atoms. The zero-order valence-corrected chi connectivity index (χ0v) is 17.0. The molecule has 3 rings (SSSR count). The van der Waals surface area contributed by atoms with E-state index in [-0.39, 0.29) is 11.4 Å². The molecule has 0 saturated heterocycles. The Morgan fingerprint density at radius 2 is 1.87 bits per heavy atom. The average molecular weight is 431 g/mol. The molecule has 0 radical (unpaired) electrons. The van der Waals surface area contributed by atoms with Crippen LogP contribution in [0, 0.1) is 11.6 Å². The summed E-state index contributed by atoms with van der Waals surface area (Å²) < 4.78 is 29.2. The van der Waals surface area contributed by atoms with Gasteiger partial charge in [-0.25, -0.2) is 8.78 Å². The molecule has 1 aromatic heterocycles. The molecule has 0 saturated carbocycles. The van der Waals surface area contributed by atoms with E-state index in [4.69, 9.17) is 5.73 Å². The second kappa shape index (κ2) is 9.04. The molecule has 0 fully saturated rings. The van der Waals surface area contributed by atoms with E-state index in [1.165, 1.54) is 11.9 Å². The number of anilines is 1. The van der Waals surface area contributed by atoms with Crippen LogP contribution in [0.15, 0.2) is 47.9 Å². The van der Waals surface area contributed by atoms with E-state index in [1.54, 1.807) is 4.57 Å². The van der Waals surface area contributed by atoms with Crippen LogP contribution in [-0.2, 0) is 4.79 Å². The van der Waals surface area contributed by atoms with Crippen LogP contribution < -0.4 is 11.1 Å². The Morgan fingerprint density at radius 3 is 2.50 bits per heavy atom. The highest BCUT2D eigenvalue weighted by molar-refractivity contribution is 7.99. The van der Waals surface area contributed by atoms with Gasteiger partial charge in [-0.2, -0.15) is 0 Å². The van der Waals surface area contributed by atoms with Crippen LogP contribution >= 0.6 is 11.8 Å². The molecule has 0 bridgehead atoms. The van der Waals surface area contributed by atoms with Gasteiger partial charge in [-0.3, -0.25) is 14.2 Å². The van der Waals surface area contributed by atoms with Crippen molar-refractivity contribution in [2.24, 2.45) is 5.73 Å². The Morgan fingerprint density at radius 1 is 1.17 bits per heavy atom. The van der Waals surface area contributed by atoms with E-state index >= 15 is 0 Å². The lowest BCUT2D eigenvalue weighted by Crippen LogP contribution is -2.18. The van der Waals surface area contributed by atoms with Crippen molar-refractivity contribution in [3.63, 3.8) is 0 Å². The Hall–Kier alpha value is -3.27. The van der Waals surface area contributed by atoms with E-state index < -0.39 is 29.0 Å². The normalized spacial score (nSPS) is 11.0. The third-order valence-electron chi connectivity index (χ3n) is 4.28. The van der Waals surface area contributed by atoms with Crippen molar-refractivity contribution in [1.29, 1.82) is 0 Å². The number of benzene rings is 2. The Labute approximate surface area is 175 Å². The first-order chi connectivity index (χ1) is 14.3. The highest BCUT2D eigenvalue weighted by Crippen LogP contribution is 2.23. The fourth-order valence-electron chi connectivity index (χ4n) is 2.67. The van der Waals surface area contributed by atoms with Crippen molar-refractivity contribution in [2.45, 2.75) is 24.9 Å². The number of primary amides is 1. The molecule has 0 aliphatic rings. The lowest BCUT2D eigenvalue weighted by molar-refractivity contribution is -0.113. The van der Waals surface area contributed by atoms with Gasteiger partial charge in [0.05, 0.1) is 17.0 Å². The molecule has 30 heavy (non-hydrogen) atoms. The molecule has 3 N–H and O–H groups in total. The van der Waals surface area contributed by atoms with E-state index in [9.17, 15) is 18.4 Å². The zero-order chi connectivity index (χ0) is 21.8. The predicted molar refractivity (Wildman–Crippen MR) is 110 cm³/mol. The number of aromatic nitrogens is 3. The maximum atomic E-state index is 13.9. The summed E-state index contributed by atoms with van der Waals surface area (Å²) in [7, 11) is 0. The third-order valence-corrected chi connectivity index (χ3v) is 5.23. The second-order valence-corrected chi connectivity index (χ2v) is 7.69. The molecule has 2 aromatic carbocycles. The van der Waals surface area contributed by atoms with Crippen molar-refractivity contribution in [1.82, 2.24) is 14.8 Å². The van der Waals surface area contributed by atoms with Gasteiger partial charge in [-0.05, 0) is 29.7 Å². The van der Waals surface area contributed by atoms with Gasteiger partial charge in [0, 0.05) is 11.8 Å². The fourth-order valence-corrected chi connectivity index (χ4v) is 3.40. The minimum Gasteiger partial charge on any atom is -0.366 e. The SMILES string of the molecule is CC(C)c1ccc(-n2cnnc2SCC(=O)Nc2cc(C(N)=O)c(F)cc2F)cc1. The summed E-state index contributed by atoms with van der Waals surface area (Å²) in [6.07, 6.45) is 1.53. The van der Waals surface area contributed by atoms with Crippen molar-refractivity contribution in [2.75, 3.05) is 11.1 Å². The van der Waals surface area contributed by atoms with Crippen molar-refractivity contribution in [3.05, 3.63) is 65.5 Å². The molecule has 0 atom stereocenters. The number of hydrogen-bond acceptors (Lipinski definition) is 5. The number of halogens is 2. The first-order valence-corrected chi connectivity index (χ1v) is 9.96. The standard InChI is InChI=1S/C20H19F2N5O2S/c1-11(2)12-3-5-13(6-4-12)27-10-24-26-20(27)30-9-18(28)25-17-7-14(19(23)29)15(21)8-16(17)22/h3-8,10-11H,9H2,1-2H3,(H2,23,29)(H,25,28). The van der Waals surface area contributed by atoms with Gasteiger partial charge in [0.25, 0.3) is 5.91 Å². The summed E-state index contributed by atoms with van der Waals surface area (Å²) in [6.45, 7) is 4.20. The van der Waals surface area contributed by atoms with Crippen LogP contribution in [0.3, 0.4) is 0 Å². The Balaban J connectivity index is 1.69. The molecule has 1 heterocycles. The number of carbonyl (C=O) groups is 2. The highest BCUT2D eigenvalue weighted by atomic mass is 32.2. The van der Waals surface area contributed by atoms with Gasteiger partial charge in [0.15, 0.2) is 5.16 Å². The number of nitrogens with zero attached hydrogens (tertiary/aromatic N) is 3. The third kappa shape index (κ3) is 4.82. The van der Waals surface area contributed by atoms with E-state index in [0.29, 0.717) is 17.1 Å². The summed E-state index contributed by atoms with van der Waals surface area (Å²) in [5, 5.41) is 10.7. The molecule has 0 aliphatic carbocycles. The van der Waals surface area contributed by atoms with Crippen LogP contribution in [0.4, 0.5) is 14.5 Å². The number of rotatable bonds is 7. The smallest absolute Gasteiger partial charge is 0.251 e. The molecule has 0 unspecified atom stereocenters. The summed E-state index contributed by atoms with van der Waals surface area (Å²) in [4.78, 5) is 23.4. The van der Waals surface area contributed by atoms with Gasteiger partial charge < -0.3 is 11.1 Å². The quantitative estimate of drug-likeness (QED) is 0.558. The number of nitrogens with two attached hydrogens (primary N) is 1. The number of hydrogen-bond donors (Lipinski definition) is 2. The van der Waals surface area contributed by atoms with Gasteiger partial charge in [-0.15, -0.1) is 10.2 Å². The molecule has 0 aliphatic heterocycles. The van der Waals surface area contributed by atoms with Crippen molar-refractivity contribution in [3.8, 4) is 5.69 Å². The minimum absolute atomic E-state index is 0.106. The molecule has 3 aromatic rings. The molecule has 2 amide bonds. The van der Waals surface area contributed by atoms with Crippen LogP contribution in [0.1, 0.15) is 35.7 Å². The largest absolute Gasteiger partial charge is 0.366 e. The summed E-state index contributed by atoms with van der Waals surface area (Å²) in [5.74, 6) is -3.43. The maximum absolute atomic E-state index is 13.9. The van der Waals surface area contributed by atoms with Gasteiger partial charge in [0.2, 0.25) is 5.91 Å². The number of thioether (sulfide) groups is 1. The van der Waals surface area contributed by atoms with E-state index in [1.807, 2.05) is 24.3 Å². The van der Waals surface area contributed by atoms with Crippen LogP contribution in [0.5, 0.6) is 0 Å². The maximum Gasteiger partial charge on any atom is 0.251 e. The summed E-state index contributed by atoms with van der Waals surface area (Å²) >= 11 is 1.10. The molecular formula is C20H19F2N5O2S. The predicted octanol–water partition coefficient (Wildman–Crippen LogP) is 3.50. The Bertz CT molecular complexity index is 1080. The van der Waals surface area contributed by atoms with E-state index in [2.05, 4.69) is 29.4 Å². The number of nitrogens with one attached hydrogen (secondary N) is 1. The van der Waals surface area contributed by atoms with Crippen molar-refractivity contribution >= 4 is 29.3 Å². The van der Waals surface area contributed by atoms with Crippen LogP contribution in [0.25, 0.3) is 5.69 Å². The lowest BCUT2D eigenvalue weighted by atomic mass is 10.0. The zero-order valence-electron chi connectivity index (χ0n) is 16.2. The summed E-state index contributed by atoms with van der Waals surface area (Å²) in [6, 6.07) is 9.25. The monoisotopic (exact) mass is 431 g/mol.